The van der Waals surface area contributed by atoms with Crippen LogP contribution in [0, 0.1) is 0 Å². The van der Waals surface area contributed by atoms with E-state index in [0.717, 1.165) is 26.7 Å². The van der Waals surface area contributed by atoms with E-state index in [4.69, 9.17) is 33.5 Å². The number of aliphatic imine (C=N–C) groups is 1. The predicted octanol–water partition coefficient (Wildman–Crippen LogP) is 4.10. The molecule has 0 bridgehead atoms. The van der Waals surface area contributed by atoms with Crippen LogP contribution in [-0.2, 0) is 16.0 Å². The Morgan fingerprint density at radius 2 is 2.17 bits per heavy atom. The molecular formula is C17H15ClN2O2S2. The van der Waals surface area contributed by atoms with Crippen molar-refractivity contribution in [3.8, 4) is 0 Å². The number of anilines is 1. The van der Waals surface area contributed by atoms with Gasteiger partial charge in [0.05, 0.1) is 25.3 Å². The summed E-state index contributed by atoms with van der Waals surface area (Å²) in [6, 6.07) is 9.37. The molecule has 1 unspecified atom stereocenters. The Morgan fingerprint density at radius 3 is 2.88 bits per heavy atom. The minimum atomic E-state index is -0.279. The van der Waals surface area contributed by atoms with Crippen molar-refractivity contribution >= 4 is 56.8 Å². The summed E-state index contributed by atoms with van der Waals surface area (Å²) in [4.78, 5) is 17.9. The van der Waals surface area contributed by atoms with Gasteiger partial charge in [-0.3, -0.25) is 9.79 Å². The lowest BCUT2D eigenvalue weighted by atomic mass is 10.0. The number of esters is 1. The fourth-order valence-corrected chi connectivity index (χ4v) is 3.92. The van der Waals surface area contributed by atoms with Crippen LogP contribution < -0.4 is 5.32 Å². The molecule has 0 fully saturated rings. The third-order valence-electron chi connectivity index (χ3n) is 3.65. The maximum absolute atomic E-state index is 11.6. The van der Waals surface area contributed by atoms with Crippen molar-refractivity contribution in [2.24, 2.45) is 4.99 Å². The number of hydrogen-bond donors (Lipinski definition) is 1. The smallest absolute Gasteiger partial charge is 0.310 e. The van der Waals surface area contributed by atoms with Crippen molar-refractivity contribution in [2.75, 3.05) is 12.4 Å². The van der Waals surface area contributed by atoms with Crippen LogP contribution in [0.25, 0.3) is 0 Å². The summed E-state index contributed by atoms with van der Waals surface area (Å²) in [5.41, 5.74) is 2.53. The first-order valence-electron chi connectivity index (χ1n) is 7.33. The largest absolute Gasteiger partial charge is 0.469 e. The van der Waals surface area contributed by atoms with E-state index in [0.29, 0.717) is 10.0 Å². The zero-order valence-corrected chi connectivity index (χ0v) is 15.5. The highest BCUT2D eigenvalue weighted by Crippen LogP contribution is 2.34. The minimum absolute atomic E-state index is 0.157. The second kappa shape index (κ2) is 7.01. The molecule has 1 atom stereocenters. The fraction of sp³-hybridized carbons (Fsp3) is 0.235. The van der Waals surface area contributed by atoms with Crippen LogP contribution in [0.15, 0.2) is 35.3 Å². The molecule has 1 aromatic heterocycles. The number of nitrogens with one attached hydrogen (secondary N) is 1. The Labute approximate surface area is 154 Å². The number of hydrogen-bond acceptors (Lipinski definition) is 5. The summed E-state index contributed by atoms with van der Waals surface area (Å²) in [5, 5.41) is 4.75. The average molecular weight is 379 g/mol. The first-order valence-corrected chi connectivity index (χ1v) is 8.93. The van der Waals surface area contributed by atoms with Crippen molar-refractivity contribution in [2.45, 2.75) is 19.4 Å². The summed E-state index contributed by atoms with van der Waals surface area (Å²) in [7, 11) is 1.38. The van der Waals surface area contributed by atoms with E-state index in [9.17, 15) is 4.79 Å². The van der Waals surface area contributed by atoms with Crippen LogP contribution in [0.1, 0.15) is 22.9 Å². The van der Waals surface area contributed by atoms with Crippen molar-refractivity contribution in [1.82, 2.24) is 0 Å². The summed E-state index contributed by atoms with van der Waals surface area (Å²) in [5.74, 6) is -0.279. The number of nitrogens with zero attached hydrogens (tertiary/aromatic N) is 1. The quantitative estimate of drug-likeness (QED) is 0.645. The molecule has 1 aromatic carbocycles. The molecule has 7 heteroatoms. The van der Waals surface area contributed by atoms with Gasteiger partial charge in [0.2, 0.25) is 0 Å². The van der Waals surface area contributed by atoms with E-state index in [1.54, 1.807) is 0 Å². The zero-order chi connectivity index (χ0) is 17.3. The molecular weight excluding hydrogens is 364 g/mol. The van der Waals surface area contributed by atoms with E-state index in [1.807, 2.05) is 37.3 Å². The molecule has 1 aliphatic rings. The van der Waals surface area contributed by atoms with Crippen molar-refractivity contribution in [3.05, 3.63) is 51.4 Å². The van der Waals surface area contributed by atoms with Crippen molar-refractivity contribution in [1.29, 1.82) is 0 Å². The summed E-state index contributed by atoms with van der Waals surface area (Å²) in [6.45, 7) is 1.94. The van der Waals surface area contributed by atoms with Crippen LogP contribution in [0.5, 0.6) is 0 Å². The first kappa shape index (κ1) is 17.1. The highest BCUT2D eigenvalue weighted by Gasteiger charge is 2.24. The van der Waals surface area contributed by atoms with Gasteiger partial charge in [-0.25, -0.2) is 0 Å². The van der Waals surface area contributed by atoms with E-state index in [-0.39, 0.29) is 18.4 Å². The number of thiocarbonyl (C=S) groups is 1. The third-order valence-corrected chi connectivity index (χ3v) is 5.48. The number of methoxy groups -OCH3 is 1. The third kappa shape index (κ3) is 3.36. The Hall–Kier alpha value is -1.76. The molecule has 0 saturated heterocycles. The van der Waals surface area contributed by atoms with Gasteiger partial charge in [0.1, 0.15) is 9.99 Å². The highest BCUT2D eigenvalue weighted by molar-refractivity contribution is 7.80. The number of carbonyl (C=O) groups excluding carboxylic acids is 1. The lowest BCUT2D eigenvalue weighted by Crippen LogP contribution is -2.19. The van der Waals surface area contributed by atoms with Gasteiger partial charge in [0.15, 0.2) is 0 Å². The summed E-state index contributed by atoms with van der Waals surface area (Å²) >= 11 is 13.3. The van der Waals surface area contributed by atoms with Gasteiger partial charge in [-0.2, -0.15) is 0 Å². The zero-order valence-electron chi connectivity index (χ0n) is 13.1. The molecule has 0 aliphatic carbocycles. The Balaban J connectivity index is 2.12. The van der Waals surface area contributed by atoms with Crippen LogP contribution in [0.3, 0.4) is 0 Å². The van der Waals surface area contributed by atoms with Crippen LogP contribution in [0.4, 0.5) is 5.00 Å². The standard InChI is InChI=1S/C17H15ClN2O2S2/c1-9-16(23)20-17-12(7-10(24-17)8-14(21)22-2)15(19-9)11-5-3-4-6-13(11)18/h3-7,9H,8H2,1-2H3,(H,20,23). The molecule has 4 nitrogen and oxygen atoms in total. The molecule has 1 aliphatic heterocycles. The van der Waals surface area contributed by atoms with Crippen LogP contribution >= 0.6 is 35.2 Å². The molecule has 24 heavy (non-hydrogen) atoms. The van der Waals surface area contributed by atoms with Crippen LogP contribution in [-0.4, -0.2) is 29.8 Å². The predicted molar refractivity (Wildman–Crippen MR) is 103 cm³/mol. The normalized spacial score (nSPS) is 16.7. The van der Waals surface area contributed by atoms with Gasteiger partial charge in [0, 0.05) is 21.0 Å². The molecule has 0 saturated carbocycles. The number of halogens is 1. The van der Waals surface area contributed by atoms with E-state index >= 15 is 0 Å². The average Bonchev–Trinajstić information content (AvgIpc) is 2.90. The molecule has 124 valence electrons. The first-order chi connectivity index (χ1) is 11.5. The van der Waals surface area contributed by atoms with E-state index < -0.39 is 0 Å². The van der Waals surface area contributed by atoms with Crippen molar-refractivity contribution < 1.29 is 9.53 Å². The molecule has 1 N–H and O–H groups in total. The van der Waals surface area contributed by atoms with Gasteiger partial charge in [0.25, 0.3) is 0 Å². The van der Waals surface area contributed by atoms with E-state index in [1.165, 1.54) is 18.4 Å². The summed E-state index contributed by atoms with van der Waals surface area (Å²) in [6.07, 6.45) is 0.216. The summed E-state index contributed by atoms with van der Waals surface area (Å²) < 4.78 is 4.75. The van der Waals surface area contributed by atoms with Crippen molar-refractivity contribution in [3.63, 3.8) is 0 Å². The monoisotopic (exact) mass is 378 g/mol. The van der Waals surface area contributed by atoms with Gasteiger partial charge < -0.3 is 10.1 Å². The molecule has 0 amide bonds. The second-order valence-corrected chi connectivity index (χ2v) is 7.31. The van der Waals surface area contributed by atoms with Gasteiger partial charge >= 0.3 is 5.97 Å². The molecule has 2 heterocycles. The molecule has 2 aromatic rings. The fourth-order valence-electron chi connectivity index (χ4n) is 2.42. The SMILES string of the molecule is COC(=O)Cc1cc2c(s1)NC(=S)C(C)N=C2c1ccccc1Cl. The lowest BCUT2D eigenvalue weighted by Gasteiger charge is -2.08. The Morgan fingerprint density at radius 1 is 1.42 bits per heavy atom. The maximum atomic E-state index is 11.6. The molecule has 3 rings (SSSR count). The number of carbonyl (C=O) groups is 1. The molecule has 0 radical (unpaired) electrons. The number of fused-ring (bicyclic) bond motifs is 1. The highest BCUT2D eigenvalue weighted by atomic mass is 35.5. The maximum Gasteiger partial charge on any atom is 0.310 e. The van der Waals surface area contributed by atoms with Crippen LogP contribution in [0.2, 0.25) is 5.02 Å². The topological polar surface area (TPSA) is 50.7 Å². The van der Waals surface area contributed by atoms with Gasteiger partial charge in [-0.1, -0.05) is 42.0 Å². The Kier molecular flexibility index (Phi) is 4.99. The number of benzene rings is 1. The van der Waals surface area contributed by atoms with E-state index in [2.05, 4.69) is 5.32 Å². The lowest BCUT2D eigenvalue weighted by molar-refractivity contribution is -0.139. The van der Waals surface area contributed by atoms with Gasteiger partial charge in [-0.15, -0.1) is 11.3 Å². The number of thiophene rings is 1. The number of ether oxygens (including phenoxy) is 1. The minimum Gasteiger partial charge on any atom is -0.469 e. The number of rotatable bonds is 3. The van der Waals surface area contributed by atoms with Gasteiger partial charge in [-0.05, 0) is 19.1 Å². The second-order valence-electron chi connectivity index (χ2n) is 5.33. The molecule has 0 spiro atoms. The Bertz CT molecular complexity index is 845.